The number of alkyl carbamates (subject to hydrolysis) is 2. The molecule has 0 radical (unpaired) electrons. The summed E-state index contributed by atoms with van der Waals surface area (Å²) in [6.07, 6.45) is 2.83. The Morgan fingerprint density at radius 1 is 0.459 bits per heavy atom. The molecule has 8 N–H and O–H groups in total. The van der Waals surface area contributed by atoms with Crippen LogP contribution in [0, 0.1) is 35.5 Å². The zero-order chi connectivity index (χ0) is 70.5. The fraction of sp³-hybridized carbons (Fsp3) is 0.500. The van der Waals surface area contributed by atoms with Crippen molar-refractivity contribution in [1.29, 1.82) is 0 Å². The molecule has 8 rings (SSSR count). The van der Waals surface area contributed by atoms with Crippen molar-refractivity contribution in [2.45, 2.75) is 217 Å². The van der Waals surface area contributed by atoms with Crippen molar-refractivity contribution in [2.24, 2.45) is 11.8 Å². The molecule has 0 unspecified atom stereocenters. The Balaban J connectivity index is 0.870. The lowest BCUT2D eigenvalue weighted by atomic mass is 9.92. The number of ether oxygens (including phenoxy) is 2. The number of amides is 10. The van der Waals surface area contributed by atoms with Crippen LogP contribution in [-0.4, -0.2) is 142 Å². The van der Waals surface area contributed by atoms with Crippen LogP contribution in [0.2, 0.25) is 0 Å². The van der Waals surface area contributed by atoms with Gasteiger partial charge < -0.3 is 61.8 Å². The molecule has 10 amide bonds. The van der Waals surface area contributed by atoms with Crippen molar-refractivity contribution < 1.29 is 57.4 Å². The highest BCUT2D eigenvalue weighted by Gasteiger charge is 2.50. The maximum Gasteiger partial charge on any atom is 0.408 e. The van der Waals surface area contributed by atoms with Crippen LogP contribution in [0.1, 0.15) is 180 Å². The molecular weight excluding hydrogens is 1240 g/mol. The van der Waals surface area contributed by atoms with Crippen LogP contribution in [0.3, 0.4) is 0 Å². The second-order valence-corrected chi connectivity index (χ2v) is 27.6. The van der Waals surface area contributed by atoms with Crippen molar-refractivity contribution in [3.05, 3.63) is 144 Å². The third kappa shape index (κ3) is 20.9. The molecule has 0 aliphatic carbocycles. The Hall–Kier alpha value is -9.70. The molecule has 0 aromatic heterocycles. The molecule has 22 heteroatoms. The number of carbonyl (C=O) groups is 10. The summed E-state index contributed by atoms with van der Waals surface area (Å²) in [5, 5.41) is 23.4. The highest BCUT2D eigenvalue weighted by Crippen LogP contribution is 2.37. The van der Waals surface area contributed by atoms with Gasteiger partial charge in [0.1, 0.15) is 47.5 Å². The molecule has 4 fully saturated rings. The van der Waals surface area contributed by atoms with Gasteiger partial charge in [-0.15, -0.1) is 0 Å². The Morgan fingerprint density at radius 2 is 0.776 bits per heavy atom. The van der Waals surface area contributed by atoms with E-state index in [9.17, 15) is 38.4 Å². The summed E-state index contributed by atoms with van der Waals surface area (Å²) in [5.41, 5.74) is 1.80. The fourth-order valence-corrected chi connectivity index (χ4v) is 13.3. The van der Waals surface area contributed by atoms with E-state index < -0.39 is 107 Å². The second-order valence-electron chi connectivity index (χ2n) is 27.6. The summed E-state index contributed by atoms with van der Waals surface area (Å²) in [4.78, 5) is 143. The SMILES string of the molecule is CC[C@H](NC(=O)OC(C)(C)C)C(=O)N[C@@H]1C(=O)N2[C@@H](CC[C@@H]1CNC(=O)CCC#CC#CCCC(=O)NC[C@H]1CC[C@H]3CC[C@@H](C(=O)NC(c4ccccc4)c4ccccc4)N3C(=O)[C@H]1NC(=O)[C@H](CC)NC(=O)OC(C)(C)C)CC[C@H]2C(=O)NC(c1ccccc1)c1ccccc1. The molecule has 98 heavy (non-hydrogen) atoms. The first-order valence-electron chi connectivity index (χ1n) is 34.5. The predicted molar refractivity (Wildman–Crippen MR) is 369 cm³/mol. The van der Waals surface area contributed by atoms with Gasteiger partial charge in [-0.1, -0.05) is 147 Å². The highest BCUT2D eigenvalue weighted by atomic mass is 16.6. The average Bonchev–Trinajstić information content (AvgIpc) is 1.62. The van der Waals surface area contributed by atoms with E-state index in [1.165, 1.54) is 0 Å². The molecule has 4 aliphatic heterocycles. The number of carbonyl (C=O) groups excluding carboxylic acids is 10. The highest BCUT2D eigenvalue weighted by molar-refractivity contribution is 5.96. The Bertz CT molecular complexity index is 3250. The van der Waals surface area contributed by atoms with Gasteiger partial charge in [0, 0.05) is 62.7 Å². The maximum absolute atomic E-state index is 15.0. The molecule has 0 bridgehead atoms. The van der Waals surface area contributed by atoms with E-state index in [0.29, 0.717) is 51.4 Å². The molecular formula is C76H96N10O12. The summed E-state index contributed by atoms with van der Waals surface area (Å²) < 4.78 is 10.9. The minimum atomic E-state index is -1.17. The van der Waals surface area contributed by atoms with Gasteiger partial charge in [0.05, 0.1) is 12.1 Å². The quantitative estimate of drug-likeness (QED) is 0.0313. The fourth-order valence-electron chi connectivity index (χ4n) is 13.3. The number of nitrogens with zero attached hydrogens (tertiary/aromatic N) is 2. The number of hydrogen-bond acceptors (Lipinski definition) is 12. The van der Waals surface area contributed by atoms with Gasteiger partial charge in [0.25, 0.3) is 0 Å². The van der Waals surface area contributed by atoms with E-state index in [0.717, 1.165) is 22.3 Å². The van der Waals surface area contributed by atoms with Crippen LogP contribution in [-0.2, 0) is 47.8 Å². The first kappa shape index (κ1) is 74.1. The molecule has 4 saturated heterocycles. The van der Waals surface area contributed by atoms with Gasteiger partial charge in [-0.25, -0.2) is 9.59 Å². The number of benzene rings is 4. The minimum absolute atomic E-state index is 0.00665. The molecule has 0 spiro atoms. The van der Waals surface area contributed by atoms with E-state index in [2.05, 4.69) is 66.2 Å². The lowest BCUT2D eigenvalue weighted by molar-refractivity contribution is -0.144. The molecule has 522 valence electrons. The molecule has 10 atom stereocenters. The van der Waals surface area contributed by atoms with Crippen LogP contribution < -0.4 is 42.5 Å². The number of fused-ring (bicyclic) bond motifs is 2. The van der Waals surface area contributed by atoms with Crippen LogP contribution >= 0.6 is 0 Å². The number of nitrogens with one attached hydrogen (secondary N) is 8. The summed E-state index contributed by atoms with van der Waals surface area (Å²) in [6.45, 7) is 13.7. The van der Waals surface area contributed by atoms with Crippen molar-refractivity contribution >= 4 is 59.4 Å². The Kier molecular flexibility index (Phi) is 26.5. The lowest BCUT2D eigenvalue weighted by Crippen LogP contribution is -2.59. The third-order valence-electron chi connectivity index (χ3n) is 18.2. The predicted octanol–water partition coefficient (Wildman–Crippen LogP) is 7.71. The molecule has 4 heterocycles. The molecule has 0 saturated carbocycles. The van der Waals surface area contributed by atoms with Crippen LogP contribution in [0.4, 0.5) is 9.59 Å². The van der Waals surface area contributed by atoms with Gasteiger partial charge in [-0.3, -0.25) is 38.4 Å². The van der Waals surface area contributed by atoms with E-state index in [4.69, 9.17) is 9.47 Å². The molecule has 4 aromatic carbocycles. The van der Waals surface area contributed by atoms with Gasteiger partial charge in [-0.2, -0.15) is 0 Å². The smallest absolute Gasteiger partial charge is 0.408 e. The Labute approximate surface area is 575 Å². The normalized spacial score (nSPS) is 21.1. The van der Waals surface area contributed by atoms with E-state index in [1.807, 2.05) is 121 Å². The average molecular weight is 1340 g/mol. The minimum Gasteiger partial charge on any atom is -0.444 e. The Morgan fingerprint density at radius 3 is 1.08 bits per heavy atom. The molecule has 22 nitrogen and oxygen atoms in total. The monoisotopic (exact) mass is 1340 g/mol. The topological polar surface area (TPSA) is 292 Å². The van der Waals surface area contributed by atoms with Crippen molar-refractivity contribution in [3.8, 4) is 23.7 Å². The van der Waals surface area contributed by atoms with E-state index in [1.54, 1.807) is 65.2 Å². The first-order chi connectivity index (χ1) is 46.9. The van der Waals surface area contributed by atoms with Gasteiger partial charge in [-0.05, 0) is 140 Å². The number of rotatable bonds is 24. The molecule has 4 aromatic rings. The van der Waals surface area contributed by atoms with Crippen molar-refractivity contribution in [1.82, 2.24) is 52.3 Å². The van der Waals surface area contributed by atoms with Gasteiger partial charge in [0.15, 0.2) is 0 Å². The summed E-state index contributed by atoms with van der Waals surface area (Å²) in [5.74, 6) is 6.58. The zero-order valence-electron chi connectivity index (χ0n) is 57.6. The van der Waals surface area contributed by atoms with E-state index >= 15 is 9.59 Å². The first-order valence-corrected chi connectivity index (χ1v) is 34.5. The van der Waals surface area contributed by atoms with Crippen LogP contribution in [0.25, 0.3) is 0 Å². The summed E-state index contributed by atoms with van der Waals surface area (Å²) in [6, 6.07) is 30.5. The van der Waals surface area contributed by atoms with Crippen molar-refractivity contribution in [3.63, 3.8) is 0 Å². The van der Waals surface area contributed by atoms with Crippen molar-refractivity contribution in [2.75, 3.05) is 13.1 Å². The van der Waals surface area contributed by atoms with Crippen LogP contribution in [0.15, 0.2) is 121 Å². The zero-order valence-corrected chi connectivity index (χ0v) is 57.6. The van der Waals surface area contributed by atoms with Gasteiger partial charge in [0.2, 0.25) is 47.3 Å². The van der Waals surface area contributed by atoms with Crippen LogP contribution in [0.5, 0.6) is 0 Å². The standard InChI is InChI=1S/C76H96N10O12/c1-9-57(79-73(95)97-75(3,4)5)67(89)83-65-53(39-41-55-43-45-59(85(55)71(65)93)69(91)81-63(49-29-19-15-20-30-49)50-31-21-16-22-32-50)47-77-61(87)37-27-13-11-12-14-28-38-62(88)78-48-54-40-42-56-44-46-60(70(92)82-64(51-33-23-17-24-34-51)52-35-25-18-26-36-52)86(56)72(94)66(54)84-68(90)58(10-2)80-74(96)98-76(6,7)8/h15-26,29-36,53-60,63-66H,9-10,27-28,37-48H2,1-8H3,(H,77,87)(H,78,88)(H,79,95)(H,80,96)(H,81,91)(H,82,92)(H,83,89)(H,84,90)/t53-,54-,55+,56+,57+,58+,59+,60+,65+,66+/m1/s1. The number of hydrogen-bond donors (Lipinski definition) is 8. The molecule has 4 aliphatic rings. The van der Waals surface area contributed by atoms with E-state index in [-0.39, 0.29) is 87.3 Å². The summed E-state index contributed by atoms with van der Waals surface area (Å²) >= 11 is 0. The third-order valence-corrected chi connectivity index (χ3v) is 18.2. The summed E-state index contributed by atoms with van der Waals surface area (Å²) in [7, 11) is 0. The van der Waals surface area contributed by atoms with Gasteiger partial charge >= 0.3 is 12.2 Å². The maximum atomic E-state index is 15.0. The second kappa shape index (κ2) is 35.0. The largest absolute Gasteiger partial charge is 0.444 e. The lowest BCUT2D eigenvalue weighted by Gasteiger charge is -2.33.